The molecule has 0 heterocycles. The van der Waals surface area contributed by atoms with Crippen molar-refractivity contribution in [2.75, 3.05) is 0 Å². The van der Waals surface area contributed by atoms with Crippen molar-refractivity contribution in [1.82, 2.24) is 5.32 Å². The molecule has 0 spiro atoms. The zero-order valence-corrected chi connectivity index (χ0v) is 13.4. The average molecular weight is 311 g/mol. The zero-order valence-electron chi connectivity index (χ0n) is 13.4. The molecule has 0 aliphatic rings. The fourth-order valence-corrected chi connectivity index (χ4v) is 2.62. The maximum Gasteiger partial charge on any atom is 0.305 e. The number of carbonyl (C=O) groups excluding carboxylic acids is 1. The van der Waals surface area contributed by atoms with Crippen LogP contribution in [-0.2, 0) is 16.0 Å². The second-order valence-electron chi connectivity index (χ2n) is 5.68. The molecule has 0 aromatic heterocycles. The minimum Gasteiger partial charge on any atom is -0.481 e. The maximum absolute atomic E-state index is 12.3. The van der Waals surface area contributed by atoms with Crippen LogP contribution in [0.4, 0.5) is 0 Å². The molecule has 4 heteroatoms. The second kappa shape index (κ2) is 7.58. The molecule has 1 atom stereocenters. The SMILES string of the molecule is Cc1ccccc1CC(=O)NC(CC(=O)O)c1ccccc1C. The van der Waals surface area contributed by atoms with Crippen LogP contribution in [0.15, 0.2) is 48.5 Å². The van der Waals surface area contributed by atoms with E-state index in [1.807, 2.05) is 62.4 Å². The van der Waals surface area contributed by atoms with Gasteiger partial charge in [-0.2, -0.15) is 0 Å². The van der Waals surface area contributed by atoms with Gasteiger partial charge in [-0.05, 0) is 36.1 Å². The summed E-state index contributed by atoms with van der Waals surface area (Å²) in [7, 11) is 0. The second-order valence-corrected chi connectivity index (χ2v) is 5.68. The Hall–Kier alpha value is -2.62. The number of rotatable bonds is 6. The number of hydrogen-bond acceptors (Lipinski definition) is 2. The van der Waals surface area contributed by atoms with Gasteiger partial charge in [0.05, 0.1) is 18.9 Å². The number of hydrogen-bond donors (Lipinski definition) is 2. The number of aryl methyl sites for hydroxylation is 2. The lowest BCUT2D eigenvalue weighted by atomic mass is 9.98. The molecule has 23 heavy (non-hydrogen) atoms. The lowest BCUT2D eigenvalue weighted by molar-refractivity contribution is -0.137. The van der Waals surface area contributed by atoms with Crippen LogP contribution >= 0.6 is 0 Å². The third-order valence-electron chi connectivity index (χ3n) is 3.89. The normalized spacial score (nSPS) is 11.7. The molecule has 0 bridgehead atoms. The van der Waals surface area contributed by atoms with Crippen molar-refractivity contribution in [3.05, 3.63) is 70.8 Å². The van der Waals surface area contributed by atoms with E-state index in [-0.39, 0.29) is 18.7 Å². The van der Waals surface area contributed by atoms with Gasteiger partial charge in [-0.1, -0.05) is 48.5 Å². The molecular weight excluding hydrogens is 290 g/mol. The molecule has 2 rings (SSSR count). The Labute approximate surface area is 136 Å². The van der Waals surface area contributed by atoms with Crippen LogP contribution in [0.25, 0.3) is 0 Å². The molecule has 2 aromatic rings. The van der Waals surface area contributed by atoms with E-state index < -0.39 is 12.0 Å². The third kappa shape index (κ3) is 4.68. The maximum atomic E-state index is 12.3. The van der Waals surface area contributed by atoms with Gasteiger partial charge >= 0.3 is 5.97 Å². The van der Waals surface area contributed by atoms with Crippen LogP contribution in [-0.4, -0.2) is 17.0 Å². The van der Waals surface area contributed by atoms with Crippen LogP contribution in [0.3, 0.4) is 0 Å². The van der Waals surface area contributed by atoms with Gasteiger partial charge in [0.2, 0.25) is 5.91 Å². The molecule has 120 valence electrons. The van der Waals surface area contributed by atoms with Gasteiger partial charge in [0.25, 0.3) is 0 Å². The highest BCUT2D eigenvalue weighted by Crippen LogP contribution is 2.21. The molecule has 0 aliphatic heterocycles. The van der Waals surface area contributed by atoms with Crippen molar-refractivity contribution in [2.45, 2.75) is 32.7 Å². The molecule has 0 radical (unpaired) electrons. The largest absolute Gasteiger partial charge is 0.481 e. The number of carboxylic acid groups (broad SMARTS) is 1. The highest BCUT2D eigenvalue weighted by Gasteiger charge is 2.19. The summed E-state index contributed by atoms with van der Waals surface area (Å²) in [4.78, 5) is 23.5. The zero-order chi connectivity index (χ0) is 16.8. The molecule has 0 aliphatic carbocycles. The average Bonchev–Trinajstić information content (AvgIpc) is 2.49. The van der Waals surface area contributed by atoms with Crippen molar-refractivity contribution in [1.29, 1.82) is 0 Å². The summed E-state index contributed by atoms with van der Waals surface area (Å²) in [5.74, 6) is -1.11. The highest BCUT2D eigenvalue weighted by molar-refractivity contribution is 5.80. The van der Waals surface area contributed by atoms with E-state index in [1.165, 1.54) is 0 Å². The first-order valence-electron chi connectivity index (χ1n) is 7.58. The monoisotopic (exact) mass is 311 g/mol. The fraction of sp³-hybridized carbons (Fsp3) is 0.263. The first-order valence-corrected chi connectivity index (χ1v) is 7.58. The predicted molar refractivity (Wildman–Crippen MR) is 89.2 cm³/mol. The quantitative estimate of drug-likeness (QED) is 0.861. The Morgan fingerprint density at radius 2 is 1.61 bits per heavy atom. The Kier molecular flexibility index (Phi) is 5.52. The summed E-state index contributed by atoms with van der Waals surface area (Å²) < 4.78 is 0. The topological polar surface area (TPSA) is 66.4 Å². The molecule has 0 saturated carbocycles. The van der Waals surface area contributed by atoms with Crippen LogP contribution in [0.1, 0.15) is 34.7 Å². The van der Waals surface area contributed by atoms with Crippen LogP contribution in [0.5, 0.6) is 0 Å². The van der Waals surface area contributed by atoms with Crippen molar-refractivity contribution in [3.8, 4) is 0 Å². The molecule has 0 saturated heterocycles. The van der Waals surface area contributed by atoms with E-state index in [4.69, 9.17) is 5.11 Å². The molecule has 1 amide bonds. The summed E-state index contributed by atoms with van der Waals surface area (Å²) in [6.07, 6.45) is 0.110. The van der Waals surface area contributed by atoms with E-state index in [0.717, 1.165) is 22.3 Å². The molecule has 2 N–H and O–H groups in total. The smallest absolute Gasteiger partial charge is 0.305 e. The van der Waals surface area contributed by atoms with Gasteiger partial charge in [-0.3, -0.25) is 9.59 Å². The van der Waals surface area contributed by atoms with Crippen molar-refractivity contribution in [3.63, 3.8) is 0 Å². The molecule has 1 unspecified atom stereocenters. The Bertz CT molecular complexity index is 709. The summed E-state index contributed by atoms with van der Waals surface area (Å²) in [6.45, 7) is 3.87. The van der Waals surface area contributed by atoms with Crippen LogP contribution in [0.2, 0.25) is 0 Å². The summed E-state index contributed by atoms with van der Waals surface area (Å²) in [5.41, 5.74) is 3.81. The Morgan fingerprint density at radius 3 is 2.22 bits per heavy atom. The number of carbonyl (C=O) groups is 2. The summed E-state index contributed by atoms with van der Waals surface area (Å²) >= 11 is 0. The van der Waals surface area contributed by atoms with Gasteiger partial charge in [0, 0.05) is 0 Å². The number of amides is 1. The summed E-state index contributed by atoms with van der Waals surface area (Å²) in [5, 5.41) is 12.0. The van der Waals surface area contributed by atoms with E-state index >= 15 is 0 Å². The minimum atomic E-state index is -0.936. The molecule has 4 nitrogen and oxygen atoms in total. The minimum absolute atomic E-state index is 0.135. The number of carboxylic acids is 1. The van der Waals surface area contributed by atoms with E-state index in [0.29, 0.717) is 0 Å². The van der Waals surface area contributed by atoms with Gasteiger partial charge in [-0.25, -0.2) is 0 Å². The van der Waals surface area contributed by atoms with Crippen LogP contribution in [0, 0.1) is 13.8 Å². The van der Waals surface area contributed by atoms with Crippen LogP contribution < -0.4 is 5.32 Å². The van der Waals surface area contributed by atoms with Gasteiger partial charge in [-0.15, -0.1) is 0 Å². The van der Waals surface area contributed by atoms with Crippen molar-refractivity contribution < 1.29 is 14.7 Å². The van der Waals surface area contributed by atoms with Crippen molar-refractivity contribution >= 4 is 11.9 Å². The van der Waals surface area contributed by atoms with Gasteiger partial charge in [0.1, 0.15) is 0 Å². The predicted octanol–water partition coefficient (Wildman–Crippen LogP) is 3.18. The molecular formula is C19H21NO3. The Balaban J connectivity index is 2.15. The highest BCUT2D eigenvalue weighted by atomic mass is 16.4. The first kappa shape index (κ1) is 16.7. The molecule has 2 aromatic carbocycles. The first-order chi connectivity index (χ1) is 11.0. The molecule has 0 fully saturated rings. The number of benzene rings is 2. The van der Waals surface area contributed by atoms with Crippen molar-refractivity contribution in [2.24, 2.45) is 0 Å². The lowest BCUT2D eigenvalue weighted by Crippen LogP contribution is -2.32. The van der Waals surface area contributed by atoms with E-state index in [1.54, 1.807) is 0 Å². The fourth-order valence-electron chi connectivity index (χ4n) is 2.62. The van der Waals surface area contributed by atoms with E-state index in [2.05, 4.69) is 5.32 Å². The van der Waals surface area contributed by atoms with E-state index in [9.17, 15) is 9.59 Å². The number of aliphatic carboxylic acids is 1. The lowest BCUT2D eigenvalue weighted by Gasteiger charge is -2.19. The van der Waals surface area contributed by atoms with Gasteiger partial charge < -0.3 is 10.4 Å². The standard InChI is InChI=1S/C19H21NO3/c1-13-7-3-5-9-15(13)11-18(21)20-17(12-19(22)23)16-10-6-4-8-14(16)2/h3-10,17H,11-12H2,1-2H3,(H,20,21)(H,22,23). The third-order valence-corrected chi connectivity index (χ3v) is 3.89. The van der Waals surface area contributed by atoms with Gasteiger partial charge in [0.15, 0.2) is 0 Å². The number of nitrogens with one attached hydrogen (secondary N) is 1. The summed E-state index contributed by atoms with van der Waals surface area (Å²) in [6, 6.07) is 14.7. The Morgan fingerprint density at radius 1 is 1.00 bits per heavy atom.